The molecule has 0 radical (unpaired) electrons. The number of methoxy groups -OCH3 is 2. The fourth-order valence-electron chi connectivity index (χ4n) is 1.64. The van der Waals surface area contributed by atoms with Crippen LogP contribution in [0.15, 0.2) is 23.1 Å². The fourth-order valence-corrected chi connectivity index (χ4v) is 2.77. The molecule has 6 nitrogen and oxygen atoms in total. The molecule has 0 atom stereocenters. The first-order valence-electron chi connectivity index (χ1n) is 6.02. The number of carbonyl (C=O) groups excluding carboxylic acids is 1. The van der Waals surface area contributed by atoms with Crippen LogP contribution in [0.25, 0.3) is 0 Å². The van der Waals surface area contributed by atoms with Gasteiger partial charge in [0.2, 0.25) is 5.13 Å². The minimum atomic E-state index is -0.278. The van der Waals surface area contributed by atoms with Crippen LogP contribution in [0.4, 0.5) is 5.13 Å². The number of benzene rings is 1. The van der Waals surface area contributed by atoms with Crippen molar-refractivity contribution in [2.24, 2.45) is 0 Å². The Balaban J connectivity index is 2.15. The van der Waals surface area contributed by atoms with Gasteiger partial charge in [-0.1, -0.05) is 11.3 Å². The molecule has 2 aromatic rings. The Morgan fingerprint density at radius 1 is 1.38 bits per heavy atom. The minimum absolute atomic E-state index is 0.278. The number of hydrogen-bond donors (Lipinski definition) is 1. The van der Waals surface area contributed by atoms with Gasteiger partial charge in [-0.3, -0.25) is 10.1 Å². The van der Waals surface area contributed by atoms with Crippen molar-refractivity contribution < 1.29 is 14.3 Å². The second kappa shape index (κ2) is 7.39. The molecule has 2 rings (SSSR count). The zero-order valence-corrected chi connectivity index (χ0v) is 13.5. The highest BCUT2D eigenvalue weighted by atomic mass is 32.2. The Hall–Kier alpha value is -1.64. The molecule has 8 heteroatoms. The summed E-state index contributed by atoms with van der Waals surface area (Å²) in [4.78, 5) is 13.3. The molecule has 0 bridgehead atoms. The molecule has 0 spiro atoms. The molecule has 1 amide bonds. The van der Waals surface area contributed by atoms with E-state index in [-0.39, 0.29) is 5.91 Å². The van der Waals surface area contributed by atoms with Crippen LogP contribution in [-0.2, 0) is 11.3 Å². The van der Waals surface area contributed by atoms with Crippen LogP contribution in [0, 0.1) is 0 Å². The van der Waals surface area contributed by atoms with Gasteiger partial charge in [0.15, 0.2) is 0 Å². The smallest absolute Gasteiger partial charge is 0.261 e. The van der Waals surface area contributed by atoms with Crippen LogP contribution in [0.5, 0.6) is 5.75 Å². The topological polar surface area (TPSA) is 73.3 Å². The van der Waals surface area contributed by atoms with E-state index in [4.69, 9.17) is 9.47 Å². The third-order valence-electron chi connectivity index (χ3n) is 2.61. The van der Waals surface area contributed by atoms with Gasteiger partial charge in [0.25, 0.3) is 5.91 Å². The lowest BCUT2D eigenvalue weighted by Crippen LogP contribution is -2.13. The lowest BCUT2D eigenvalue weighted by atomic mass is 10.2. The van der Waals surface area contributed by atoms with Gasteiger partial charge >= 0.3 is 0 Å². The summed E-state index contributed by atoms with van der Waals surface area (Å²) in [6.45, 7) is 0.374. The summed E-state index contributed by atoms with van der Waals surface area (Å²) in [6.07, 6.45) is 1.97. The van der Waals surface area contributed by atoms with Crippen LogP contribution in [0.1, 0.15) is 15.4 Å². The first-order valence-corrected chi connectivity index (χ1v) is 8.06. The second-order valence-electron chi connectivity index (χ2n) is 3.95. The van der Waals surface area contributed by atoms with Crippen molar-refractivity contribution >= 4 is 34.1 Å². The molecule has 0 aliphatic carbocycles. The first kappa shape index (κ1) is 15.7. The molecule has 0 fully saturated rings. The molecule has 21 heavy (non-hydrogen) atoms. The van der Waals surface area contributed by atoms with Gasteiger partial charge in [0.05, 0.1) is 12.7 Å². The number of aromatic nitrogens is 2. The predicted molar refractivity (Wildman–Crippen MR) is 83.4 cm³/mol. The van der Waals surface area contributed by atoms with Gasteiger partial charge in [0.1, 0.15) is 17.4 Å². The Bertz CT molecular complexity index is 631. The lowest BCUT2D eigenvalue weighted by molar-refractivity contribution is 0.102. The largest absolute Gasteiger partial charge is 0.496 e. The van der Waals surface area contributed by atoms with Gasteiger partial charge in [0, 0.05) is 12.0 Å². The molecule has 1 aromatic carbocycles. The maximum absolute atomic E-state index is 12.3. The zero-order valence-electron chi connectivity index (χ0n) is 11.9. The summed E-state index contributed by atoms with van der Waals surface area (Å²) in [5.41, 5.74) is 0.457. The molecule has 112 valence electrons. The first-order chi connectivity index (χ1) is 10.2. The van der Waals surface area contributed by atoms with Gasteiger partial charge < -0.3 is 9.47 Å². The predicted octanol–water partition coefficient (Wildman–Crippen LogP) is 2.67. The Kier molecular flexibility index (Phi) is 5.54. The van der Waals surface area contributed by atoms with Crippen LogP contribution >= 0.6 is 23.1 Å². The van der Waals surface area contributed by atoms with Gasteiger partial charge in [-0.05, 0) is 24.5 Å². The molecule has 0 aliphatic heterocycles. The van der Waals surface area contributed by atoms with E-state index in [1.807, 2.05) is 18.4 Å². The van der Waals surface area contributed by atoms with Crippen molar-refractivity contribution in [2.45, 2.75) is 11.5 Å². The van der Waals surface area contributed by atoms with Crippen molar-refractivity contribution in [1.82, 2.24) is 10.2 Å². The number of carbonyl (C=O) groups is 1. The number of hydrogen-bond acceptors (Lipinski definition) is 7. The van der Waals surface area contributed by atoms with Crippen LogP contribution in [-0.4, -0.2) is 36.6 Å². The number of amides is 1. The maximum Gasteiger partial charge on any atom is 0.261 e. The number of rotatable bonds is 6. The van der Waals surface area contributed by atoms with Crippen molar-refractivity contribution in [3.05, 3.63) is 28.8 Å². The van der Waals surface area contributed by atoms with Crippen molar-refractivity contribution in [2.75, 3.05) is 25.8 Å². The molecule has 0 aliphatic rings. The molecular weight excluding hydrogens is 310 g/mol. The van der Waals surface area contributed by atoms with Gasteiger partial charge in [-0.2, -0.15) is 0 Å². The summed E-state index contributed by atoms with van der Waals surface area (Å²) in [7, 11) is 3.12. The average Bonchev–Trinajstić information content (AvgIpc) is 2.94. The van der Waals surface area contributed by atoms with E-state index in [0.29, 0.717) is 28.1 Å². The Morgan fingerprint density at radius 3 is 2.86 bits per heavy atom. The molecule has 1 heterocycles. The summed E-state index contributed by atoms with van der Waals surface area (Å²) < 4.78 is 10.2. The lowest BCUT2D eigenvalue weighted by Gasteiger charge is -2.09. The highest BCUT2D eigenvalue weighted by Gasteiger charge is 2.15. The van der Waals surface area contributed by atoms with E-state index in [1.165, 1.54) is 18.4 Å². The van der Waals surface area contributed by atoms with Crippen LogP contribution < -0.4 is 10.1 Å². The third kappa shape index (κ3) is 3.93. The Labute approximate surface area is 130 Å². The van der Waals surface area contributed by atoms with E-state index >= 15 is 0 Å². The molecule has 0 unspecified atom stereocenters. The summed E-state index contributed by atoms with van der Waals surface area (Å²) in [5, 5.41) is 11.7. The van der Waals surface area contributed by atoms with E-state index < -0.39 is 0 Å². The number of nitrogens with zero attached hydrogens (tertiary/aromatic N) is 2. The van der Waals surface area contributed by atoms with Gasteiger partial charge in [-0.25, -0.2) is 0 Å². The van der Waals surface area contributed by atoms with E-state index in [1.54, 1.807) is 24.9 Å². The summed E-state index contributed by atoms with van der Waals surface area (Å²) in [5.74, 6) is 0.251. The van der Waals surface area contributed by atoms with Crippen LogP contribution in [0.3, 0.4) is 0 Å². The van der Waals surface area contributed by atoms with E-state index in [9.17, 15) is 4.79 Å². The van der Waals surface area contributed by atoms with Crippen LogP contribution in [0.2, 0.25) is 0 Å². The molecule has 1 N–H and O–H groups in total. The van der Waals surface area contributed by atoms with E-state index in [2.05, 4.69) is 15.5 Å². The SMILES string of the molecule is COCc1nnc(NC(=O)c2ccc(SC)cc2OC)s1. The van der Waals surface area contributed by atoms with Crippen molar-refractivity contribution in [3.63, 3.8) is 0 Å². The molecule has 0 saturated heterocycles. The highest BCUT2D eigenvalue weighted by Crippen LogP contribution is 2.26. The van der Waals surface area contributed by atoms with Crippen molar-refractivity contribution in [1.29, 1.82) is 0 Å². The zero-order chi connectivity index (χ0) is 15.2. The summed E-state index contributed by atoms with van der Waals surface area (Å²) >= 11 is 2.86. The quantitative estimate of drug-likeness (QED) is 0.823. The number of anilines is 1. The molecule has 1 aromatic heterocycles. The second-order valence-corrected chi connectivity index (χ2v) is 5.90. The van der Waals surface area contributed by atoms with E-state index in [0.717, 1.165) is 4.90 Å². The standard InChI is InChI=1S/C13H15N3O3S2/c1-18-7-11-15-16-13(21-11)14-12(17)9-5-4-8(20-3)6-10(9)19-2/h4-6H,7H2,1-3H3,(H,14,16,17). The highest BCUT2D eigenvalue weighted by molar-refractivity contribution is 7.98. The fraction of sp³-hybridized carbons (Fsp3) is 0.308. The average molecular weight is 325 g/mol. The number of thioether (sulfide) groups is 1. The number of ether oxygens (including phenoxy) is 2. The third-order valence-corrected chi connectivity index (χ3v) is 4.15. The number of nitrogens with one attached hydrogen (secondary N) is 1. The minimum Gasteiger partial charge on any atom is -0.496 e. The van der Waals surface area contributed by atoms with Crippen molar-refractivity contribution in [3.8, 4) is 5.75 Å². The maximum atomic E-state index is 12.3. The van der Waals surface area contributed by atoms with Gasteiger partial charge in [-0.15, -0.1) is 22.0 Å². The normalized spacial score (nSPS) is 10.4. The molecule has 0 saturated carbocycles. The summed E-state index contributed by atoms with van der Waals surface area (Å²) in [6, 6.07) is 5.44. The Morgan fingerprint density at radius 2 is 2.19 bits per heavy atom. The monoisotopic (exact) mass is 325 g/mol. The molecular formula is C13H15N3O3S2.